The van der Waals surface area contributed by atoms with Gasteiger partial charge in [-0.25, -0.2) is 13.1 Å². The van der Waals surface area contributed by atoms with Gasteiger partial charge in [0.2, 0.25) is 10.0 Å². The largest absolute Gasteiger partial charge is 0.493 e. The number of benzene rings is 1. The Kier molecular flexibility index (Phi) is 6.13. The number of sulfonamides is 1. The van der Waals surface area contributed by atoms with Crippen LogP contribution in [0.15, 0.2) is 34.5 Å². The molecule has 1 heterocycles. The Morgan fingerprint density at radius 1 is 1.08 bits per heavy atom. The van der Waals surface area contributed by atoms with Gasteiger partial charge in [0.05, 0.1) is 14.2 Å². The van der Waals surface area contributed by atoms with E-state index in [-0.39, 0.29) is 6.54 Å². The monoisotopic (exact) mass is 383 g/mol. The molecule has 0 saturated heterocycles. The lowest BCUT2D eigenvalue weighted by molar-refractivity contribution is 0.353. The molecule has 1 aromatic heterocycles. The minimum atomic E-state index is -3.51. The van der Waals surface area contributed by atoms with Crippen molar-refractivity contribution in [3.05, 3.63) is 40.8 Å². The summed E-state index contributed by atoms with van der Waals surface area (Å²) in [6.07, 6.45) is 0.831. The quantitative estimate of drug-likeness (QED) is 0.757. The summed E-state index contributed by atoms with van der Waals surface area (Å²) in [7, 11) is -0.338. The summed E-state index contributed by atoms with van der Waals surface area (Å²) >= 11 is 1.31. The smallest absolute Gasteiger partial charge is 0.250 e. The number of thiophene rings is 1. The summed E-state index contributed by atoms with van der Waals surface area (Å²) in [4.78, 5) is 1.06. The molecule has 2 aromatic rings. The van der Waals surface area contributed by atoms with Gasteiger partial charge in [-0.15, -0.1) is 11.3 Å². The van der Waals surface area contributed by atoms with Gasteiger partial charge in [-0.3, -0.25) is 0 Å². The Morgan fingerprint density at radius 3 is 2.32 bits per heavy atom. The molecular formula is C18H25NO4S2. The second-order valence-electron chi connectivity index (χ2n) is 6.35. The van der Waals surface area contributed by atoms with E-state index in [0.29, 0.717) is 15.7 Å². The first-order valence-electron chi connectivity index (χ1n) is 8.04. The zero-order valence-electron chi connectivity index (χ0n) is 15.3. The second kappa shape index (κ2) is 7.76. The third-order valence-corrected chi connectivity index (χ3v) is 7.24. The van der Waals surface area contributed by atoms with Crippen LogP contribution in [0.4, 0.5) is 0 Å². The molecule has 0 atom stereocenters. The maximum Gasteiger partial charge on any atom is 0.250 e. The molecule has 1 aromatic carbocycles. The summed E-state index contributed by atoms with van der Waals surface area (Å²) in [6.45, 7) is 6.27. The summed E-state index contributed by atoms with van der Waals surface area (Å²) < 4.78 is 38.7. The molecule has 0 aliphatic rings. The average Bonchev–Trinajstić information content (AvgIpc) is 3.09. The predicted molar refractivity (Wildman–Crippen MR) is 101 cm³/mol. The molecule has 7 heteroatoms. The van der Waals surface area contributed by atoms with Crippen LogP contribution in [0.2, 0.25) is 0 Å². The topological polar surface area (TPSA) is 64.6 Å². The van der Waals surface area contributed by atoms with Gasteiger partial charge in [-0.05, 0) is 36.2 Å². The van der Waals surface area contributed by atoms with Gasteiger partial charge < -0.3 is 9.47 Å². The predicted octanol–water partition coefficient (Wildman–Crippen LogP) is 3.58. The Hall–Kier alpha value is -1.57. The van der Waals surface area contributed by atoms with Crippen molar-refractivity contribution in [2.45, 2.75) is 36.8 Å². The number of nitrogens with one attached hydrogen (secondary N) is 1. The van der Waals surface area contributed by atoms with Gasteiger partial charge in [-0.2, -0.15) is 0 Å². The van der Waals surface area contributed by atoms with Crippen molar-refractivity contribution in [1.82, 2.24) is 4.72 Å². The molecule has 0 aliphatic heterocycles. The van der Waals surface area contributed by atoms with Crippen molar-refractivity contribution in [3.8, 4) is 11.5 Å². The van der Waals surface area contributed by atoms with Crippen LogP contribution in [0.25, 0.3) is 0 Å². The zero-order chi connectivity index (χ0) is 18.7. The molecule has 0 amide bonds. The molecule has 0 unspecified atom stereocenters. The van der Waals surface area contributed by atoms with Crippen LogP contribution in [0, 0.1) is 0 Å². The first kappa shape index (κ1) is 19.8. The van der Waals surface area contributed by atoms with E-state index in [4.69, 9.17) is 9.47 Å². The molecule has 1 N–H and O–H groups in total. The van der Waals surface area contributed by atoms with E-state index in [1.54, 1.807) is 20.3 Å². The fourth-order valence-electron chi connectivity index (χ4n) is 2.40. The molecule has 0 fully saturated rings. The van der Waals surface area contributed by atoms with Crippen molar-refractivity contribution in [2.75, 3.05) is 20.8 Å². The molecule has 2 rings (SSSR count). The van der Waals surface area contributed by atoms with Crippen molar-refractivity contribution < 1.29 is 17.9 Å². The molecule has 0 spiro atoms. The lowest BCUT2D eigenvalue weighted by Gasteiger charge is -2.26. The number of rotatable bonds is 8. The minimum absolute atomic E-state index is 0.282. The van der Waals surface area contributed by atoms with Crippen LogP contribution in [0.3, 0.4) is 0 Å². The van der Waals surface area contributed by atoms with E-state index in [2.05, 4.69) is 4.72 Å². The highest BCUT2D eigenvalue weighted by Gasteiger charge is 2.26. The first-order chi connectivity index (χ1) is 11.7. The molecule has 0 bridgehead atoms. The van der Waals surface area contributed by atoms with Gasteiger partial charge >= 0.3 is 0 Å². The van der Waals surface area contributed by atoms with E-state index in [0.717, 1.165) is 16.9 Å². The molecular weight excluding hydrogens is 358 g/mol. The fourth-order valence-corrected chi connectivity index (χ4v) is 4.95. The first-order valence-corrected chi connectivity index (χ1v) is 10.3. The van der Waals surface area contributed by atoms with E-state index in [9.17, 15) is 8.42 Å². The minimum Gasteiger partial charge on any atom is -0.493 e. The Balaban J connectivity index is 2.18. The maximum atomic E-state index is 12.5. The average molecular weight is 384 g/mol. The van der Waals surface area contributed by atoms with Crippen LogP contribution in [-0.4, -0.2) is 29.2 Å². The van der Waals surface area contributed by atoms with Gasteiger partial charge in [0, 0.05) is 16.8 Å². The van der Waals surface area contributed by atoms with Crippen molar-refractivity contribution in [2.24, 2.45) is 0 Å². The van der Waals surface area contributed by atoms with Crippen molar-refractivity contribution >= 4 is 21.4 Å². The Morgan fingerprint density at radius 2 is 1.76 bits per heavy atom. The highest BCUT2D eigenvalue weighted by Crippen LogP contribution is 2.33. The molecule has 0 radical (unpaired) electrons. The zero-order valence-corrected chi connectivity index (χ0v) is 16.9. The van der Waals surface area contributed by atoms with Crippen molar-refractivity contribution in [3.63, 3.8) is 0 Å². The van der Waals surface area contributed by atoms with E-state index < -0.39 is 15.4 Å². The van der Waals surface area contributed by atoms with Gasteiger partial charge in [0.15, 0.2) is 11.5 Å². The van der Waals surface area contributed by atoms with Gasteiger partial charge in [-0.1, -0.05) is 26.8 Å². The number of methoxy groups -OCH3 is 2. The highest BCUT2D eigenvalue weighted by molar-refractivity contribution is 7.91. The van der Waals surface area contributed by atoms with Crippen molar-refractivity contribution in [1.29, 1.82) is 0 Å². The number of hydrogen-bond donors (Lipinski definition) is 1. The summed E-state index contributed by atoms with van der Waals surface area (Å²) in [5.41, 5.74) is 0.561. The number of hydrogen-bond acceptors (Lipinski definition) is 5. The number of aryl methyl sites for hydroxylation is 1. The molecule has 138 valence electrons. The third kappa shape index (κ3) is 4.54. The van der Waals surface area contributed by atoms with Crippen LogP contribution < -0.4 is 14.2 Å². The molecule has 0 aliphatic carbocycles. The van der Waals surface area contributed by atoms with E-state index >= 15 is 0 Å². The highest BCUT2D eigenvalue weighted by atomic mass is 32.2. The van der Waals surface area contributed by atoms with Crippen LogP contribution in [0.5, 0.6) is 11.5 Å². The Labute approximate surface area is 154 Å². The fraction of sp³-hybridized carbons (Fsp3) is 0.444. The summed E-state index contributed by atoms with van der Waals surface area (Å²) in [5, 5.41) is 0. The summed E-state index contributed by atoms with van der Waals surface area (Å²) in [6, 6.07) is 9.16. The van der Waals surface area contributed by atoms with Crippen LogP contribution >= 0.6 is 11.3 Å². The van der Waals surface area contributed by atoms with Gasteiger partial charge in [0.1, 0.15) is 4.21 Å². The van der Waals surface area contributed by atoms with E-state index in [1.165, 1.54) is 11.3 Å². The number of ether oxygens (including phenoxy) is 2. The van der Waals surface area contributed by atoms with Crippen LogP contribution in [0.1, 0.15) is 31.2 Å². The summed E-state index contributed by atoms with van der Waals surface area (Å²) in [5.74, 6) is 1.27. The second-order valence-corrected chi connectivity index (χ2v) is 9.51. The van der Waals surface area contributed by atoms with E-state index in [1.807, 2.05) is 45.0 Å². The van der Waals surface area contributed by atoms with Crippen LogP contribution in [-0.2, 0) is 21.9 Å². The molecule has 0 saturated carbocycles. The normalized spacial score (nSPS) is 12.2. The standard InChI is InChI=1S/C18H25NO4S2/c1-6-14-8-10-17(24-14)25(20,21)19-12-18(2,3)13-7-9-15(22-4)16(11-13)23-5/h7-11,19H,6,12H2,1-5H3. The third-order valence-electron chi connectivity index (χ3n) is 4.12. The lowest BCUT2D eigenvalue weighted by Crippen LogP contribution is -2.36. The SMILES string of the molecule is CCc1ccc(S(=O)(=O)NCC(C)(C)c2ccc(OC)c(OC)c2)s1. The molecule has 25 heavy (non-hydrogen) atoms. The van der Waals surface area contributed by atoms with Gasteiger partial charge in [0.25, 0.3) is 0 Å². The maximum absolute atomic E-state index is 12.5. The lowest BCUT2D eigenvalue weighted by atomic mass is 9.85. The molecule has 5 nitrogen and oxygen atoms in total. The Bertz CT molecular complexity index is 825.